The molecule has 2 aromatic rings. The van der Waals surface area contributed by atoms with Crippen LogP contribution in [0.25, 0.3) is 10.8 Å². The van der Waals surface area contributed by atoms with Crippen LogP contribution >= 0.6 is 0 Å². The molecule has 3 rings (SSSR count). The maximum atomic E-state index is 11.0. The van der Waals surface area contributed by atoms with Crippen LogP contribution in [0.5, 0.6) is 0 Å². The van der Waals surface area contributed by atoms with E-state index in [9.17, 15) is 4.79 Å². The summed E-state index contributed by atoms with van der Waals surface area (Å²) in [6, 6.07) is 6.34. The molecule has 0 unspecified atom stereocenters. The van der Waals surface area contributed by atoms with Gasteiger partial charge in [-0.15, -0.1) is 0 Å². The molecule has 98 valence electrons. The van der Waals surface area contributed by atoms with Gasteiger partial charge in [-0.25, -0.2) is 0 Å². The normalized spacial score (nSPS) is 16.5. The van der Waals surface area contributed by atoms with Crippen molar-refractivity contribution in [3.8, 4) is 0 Å². The van der Waals surface area contributed by atoms with Crippen LogP contribution in [0, 0.1) is 0 Å². The predicted octanol–water partition coefficient (Wildman–Crippen LogP) is 3.30. The van der Waals surface area contributed by atoms with E-state index in [0.29, 0.717) is 0 Å². The van der Waals surface area contributed by atoms with Crippen molar-refractivity contribution in [3.05, 3.63) is 41.7 Å². The minimum absolute atomic E-state index is 0.123. The summed E-state index contributed by atoms with van der Waals surface area (Å²) in [5, 5.41) is 11.4. The molecule has 1 aliphatic rings. The van der Waals surface area contributed by atoms with Gasteiger partial charge in [-0.1, -0.05) is 19.1 Å². The van der Waals surface area contributed by atoms with Crippen molar-refractivity contribution in [1.82, 2.24) is 4.98 Å². The number of hydrogen-bond donors (Lipinski definition) is 1. The molecule has 0 saturated heterocycles. The molecule has 0 aliphatic heterocycles. The minimum Gasteiger partial charge on any atom is -0.481 e. The van der Waals surface area contributed by atoms with Crippen LogP contribution in [-0.2, 0) is 16.6 Å². The molecular formula is C16H17NO2. The lowest BCUT2D eigenvalue weighted by atomic mass is 9.90. The number of rotatable bonds is 4. The maximum Gasteiger partial charge on any atom is 0.304 e. The fourth-order valence-corrected chi connectivity index (χ4v) is 2.86. The molecule has 1 N–H and O–H groups in total. The van der Waals surface area contributed by atoms with Crippen molar-refractivity contribution in [2.24, 2.45) is 0 Å². The Morgan fingerprint density at radius 3 is 2.79 bits per heavy atom. The lowest BCUT2D eigenvalue weighted by Crippen LogP contribution is -2.12. The molecule has 19 heavy (non-hydrogen) atoms. The molecule has 0 spiro atoms. The Morgan fingerprint density at radius 1 is 1.37 bits per heavy atom. The molecule has 3 heteroatoms. The Labute approximate surface area is 112 Å². The number of carboxylic acid groups (broad SMARTS) is 1. The second kappa shape index (κ2) is 4.34. The smallest absolute Gasteiger partial charge is 0.304 e. The number of aliphatic carboxylic acids is 1. The number of pyridine rings is 1. The zero-order valence-electron chi connectivity index (χ0n) is 11.0. The van der Waals surface area contributed by atoms with E-state index in [0.717, 1.165) is 30.2 Å². The highest BCUT2D eigenvalue weighted by molar-refractivity contribution is 5.86. The summed E-state index contributed by atoms with van der Waals surface area (Å²) in [5.74, 6) is -0.710. The molecule has 1 heterocycles. The Bertz CT molecular complexity index is 644. The Morgan fingerprint density at radius 2 is 2.16 bits per heavy atom. The van der Waals surface area contributed by atoms with E-state index in [1.54, 1.807) is 0 Å². The van der Waals surface area contributed by atoms with Gasteiger partial charge in [-0.3, -0.25) is 9.78 Å². The van der Waals surface area contributed by atoms with Crippen molar-refractivity contribution in [1.29, 1.82) is 0 Å². The largest absolute Gasteiger partial charge is 0.481 e. The van der Waals surface area contributed by atoms with Crippen LogP contribution in [-0.4, -0.2) is 16.1 Å². The van der Waals surface area contributed by atoms with Gasteiger partial charge >= 0.3 is 5.97 Å². The van der Waals surface area contributed by atoms with Gasteiger partial charge in [0.15, 0.2) is 0 Å². The number of carboxylic acids is 1. The number of fused-ring (bicyclic) bond motifs is 1. The fraction of sp³-hybridized carbons (Fsp3) is 0.375. The maximum absolute atomic E-state index is 11.0. The van der Waals surface area contributed by atoms with Crippen molar-refractivity contribution in [3.63, 3.8) is 0 Å². The van der Waals surface area contributed by atoms with Crippen LogP contribution < -0.4 is 0 Å². The van der Waals surface area contributed by atoms with Crippen LogP contribution in [0.4, 0.5) is 0 Å². The molecule has 0 amide bonds. The summed E-state index contributed by atoms with van der Waals surface area (Å²) in [7, 11) is 0. The molecule has 1 saturated carbocycles. The average molecular weight is 255 g/mol. The molecule has 3 nitrogen and oxygen atoms in total. The van der Waals surface area contributed by atoms with Crippen molar-refractivity contribution in [2.45, 2.75) is 38.0 Å². The van der Waals surface area contributed by atoms with Gasteiger partial charge in [0, 0.05) is 23.2 Å². The molecule has 0 radical (unpaired) electrons. The molecule has 1 aliphatic carbocycles. The van der Waals surface area contributed by atoms with Gasteiger partial charge in [0.2, 0.25) is 0 Å². The van der Waals surface area contributed by atoms with E-state index in [1.807, 2.05) is 12.4 Å². The minimum atomic E-state index is -0.710. The van der Waals surface area contributed by atoms with Gasteiger partial charge in [0.25, 0.3) is 0 Å². The third-order valence-electron chi connectivity index (χ3n) is 4.18. The SMILES string of the molecule is CCc1cncc2cc(C3(CC(=O)O)CC3)ccc12. The topological polar surface area (TPSA) is 50.2 Å². The quantitative estimate of drug-likeness (QED) is 0.911. The van der Waals surface area contributed by atoms with Gasteiger partial charge in [0.05, 0.1) is 6.42 Å². The first-order valence-corrected chi connectivity index (χ1v) is 6.73. The number of carbonyl (C=O) groups is 1. The lowest BCUT2D eigenvalue weighted by Gasteiger charge is -2.14. The van der Waals surface area contributed by atoms with Crippen LogP contribution in [0.1, 0.15) is 37.3 Å². The van der Waals surface area contributed by atoms with Crippen LogP contribution in [0.15, 0.2) is 30.6 Å². The second-order valence-electron chi connectivity index (χ2n) is 5.44. The van der Waals surface area contributed by atoms with Gasteiger partial charge < -0.3 is 5.11 Å². The predicted molar refractivity (Wildman–Crippen MR) is 74.3 cm³/mol. The number of aromatic nitrogens is 1. The van der Waals surface area contributed by atoms with Gasteiger partial charge in [0.1, 0.15) is 0 Å². The second-order valence-corrected chi connectivity index (χ2v) is 5.44. The zero-order valence-corrected chi connectivity index (χ0v) is 11.0. The van der Waals surface area contributed by atoms with Crippen molar-refractivity contribution >= 4 is 16.7 Å². The average Bonchev–Trinajstić information content (AvgIpc) is 3.17. The Kier molecular flexibility index (Phi) is 2.77. The molecule has 0 atom stereocenters. The first kappa shape index (κ1) is 12.2. The molecule has 0 bridgehead atoms. The molecule has 1 aromatic carbocycles. The first-order valence-electron chi connectivity index (χ1n) is 6.73. The highest BCUT2D eigenvalue weighted by Gasteiger charge is 2.45. The van der Waals surface area contributed by atoms with E-state index in [1.165, 1.54) is 10.9 Å². The van der Waals surface area contributed by atoms with E-state index < -0.39 is 5.97 Å². The van der Waals surface area contributed by atoms with E-state index >= 15 is 0 Å². The standard InChI is InChI=1S/C16H17NO2/c1-2-11-9-17-10-12-7-13(3-4-14(11)12)16(5-6-16)8-15(18)19/h3-4,7,9-10H,2,5-6,8H2,1H3,(H,18,19). The van der Waals surface area contributed by atoms with Gasteiger partial charge in [-0.05, 0) is 41.8 Å². The number of aryl methyl sites for hydroxylation is 1. The summed E-state index contributed by atoms with van der Waals surface area (Å²) >= 11 is 0. The third kappa shape index (κ3) is 2.09. The monoisotopic (exact) mass is 255 g/mol. The fourth-order valence-electron chi connectivity index (χ4n) is 2.86. The number of hydrogen-bond acceptors (Lipinski definition) is 2. The molecule has 1 aromatic heterocycles. The van der Waals surface area contributed by atoms with Crippen molar-refractivity contribution < 1.29 is 9.90 Å². The zero-order chi connectivity index (χ0) is 13.5. The number of nitrogens with zero attached hydrogens (tertiary/aromatic N) is 1. The van der Waals surface area contributed by atoms with E-state index in [-0.39, 0.29) is 11.8 Å². The Balaban J connectivity index is 2.05. The summed E-state index contributed by atoms with van der Waals surface area (Å²) in [4.78, 5) is 15.3. The third-order valence-corrected chi connectivity index (χ3v) is 4.18. The lowest BCUT2D eigenvalue weighted by molar-refractivity contribution is -0.137. The van der Waals surface area contributed by atoms with Crippen molar-refractivity contribution in [2.75, 3.05) is 0 Å². The van der Waals surface area contributed by atoms with Crippen LogP contribution in [0.2, 0.25) is 0 Å². The highest BCUT2D eigenvalue weighted by Crippen LogP contribution is 2.51. The number of benzene rings is 1. The first-order chi connectivity index (χ1) is 9.14. The summed E-state index contributed by atoms with van der Waals surface area (Å²) in [5.41, 5.74) is 2.27. The highest BCUT2D eigenvalue weighted by atomic mass is 16.4. The molecule has 1 fully saturated rings. The summed E-state index contributed by atoms with van der Waals surface area (Å²) in [6.45, 7) is 2.12. The summed E-state index contributed by atoms with van der Waals surface area (Å²) in [6.07, 6.45) is 6.93. The van der Waals surface area contributed by atoms with Gasteiger partial charge in [-0.2, -0.15) is 0 Å². The van der Waals surface area contributed by atoms with E-state index in [2.05, 4.69) is 30.1 Å². The Hall–Kier alpha value is -1.90. The summed E-state index contributed by atoms with van der Waals surface area (Å²) < 4.78 is 0. The van der Waals surface area contributed by atoms with E-state index in [4.69, 9.17) is 5.11 Å². The van der Waals surface area contributed by atoms with Crippen LogP contribution in [0.3, 0.4) is 0 Å². The molecular weight excluding hydrogens is 238 g/mol.